The lowest BCUT2D eigenvalue weighted by Crippen LogP contribution is -2.29. The molecule has 3 rings (SSSR count). The number of thioether (sulfide) groups is 1. The van der Waals surface area contributed by atoms with Crippen LogP contribution in [0.4, 0.5) is 11.5 Å². The minimum absolute atomic E-state index is 0.234. The van der Waals surface area contributed by atoms with Gasteiger partial charge >= 0.3 is 0 Å². The molecule has 1 aromatic heterocycles. The summed E-state index contributed by atoms with van der Waals surface area (Å²) in [4.78, 5) is 32.0. The number of hydrogen-bond acceptors (Lipinski definition) is 6. The number of carbonyl (C=O) groups excluding carboxylic acids is 2. The number of nitrogens with zero attached hydrogens (tertiary/aromatic N) is 2. The van der Waals surface area contributed by atoms with Gasteiger partial charge in [-0.3, -0.25) is 15.0 Å². The highest BCUT2D eigenvalue weighted by atomic mass is 79.9. The van der Waals surface area contributed by atoms with E-state index in [2.05, 4.69) is 38.5 Å². The number of pyridine rings is 1. The largest absolute Gasteiger partial charge is 0.497 e. The van der Waals surface area contributed by atoms with Crippen molar-refractivity contribution in [1.82, 2.24) is 9.88 Å². The molecule has 0 aliphatic rings. The van der Waals surface area contributed by atoms with Crippen molar-refractivity contribution in [2.24, 2.45) is 0 Å². The molecule has 0 radical (unpaired) electrons. The average Bonchev–Trinajstić information content (AvgIpc) is 2.89. The Bertz CT molecular complexity index is 1220. The Morgan fingerprint density at radius 1 is 1.06 bits per heavy atom. The zero-order valence-corrected chi connectivity index (χ0v) is 22.7. The summed E-state index contributed by atoms with van der Waals surface area (Å²) in [5, 5.41) is 13.9. The number of benzene rings is 2. The summed E-state index contributed by atoms with van der Waals surface area (Å²) in [5.41, 5.74) is 1.70. The molecule has 0 spiro atoms. The second-order valence-corrected chi connectivity index (χ2v) is 10.0. The highest BCUT2D eigenvalue weighted by Gasteiger charge is 2.17. The minimum Gasteiger partial charge on any atom is -0.497 e. The third-order valence-corrected chi connectivity index (χ3v) is 6.61. The fourth-order valence-corrected chi connectivity index (χ4v) is 4.16. The lowest BCUT2D eigenvalue weighted by Gasteiger charge is -2.20. The van der Waals surface area contributed by atoms with Crippen LogP contribution in [-0.4, -0.2) is 59.7 Å². The molecule has 188 valence electrons. The van der Waals surface area contributed by atoms with Gasteiger partial charge in [-0.25, -0.2) is 4.98 Å². The average molecular weight is 571 g/mol. The summed E-state index contributed by atoms with van der Waals surface area (Å²) >= 11 is 5.14. The van der Waals surface area contributed by atoms with Gasteiger partial charge in [0.05, 0.1) is 18.4 Å². The molecule has 0 unspecified atom stereocenters. The highest BCUT2D eigenvalue weighted by Crippen LogP contribution is 2.24. The van der Waals surface area contributed by atoms with Gasteiger partial charge in [-0.05, 0) is 64.1 Å². The van der Waals surface area contributed by atoms with E-state index in [1.54, 1.807) is 60.8 Å². The number of nitrogens with one attached hydrogen (secondary N) is 3. The number of ether oxygens (including phenoxy) is 1. The van der Waals surface area contributed by atoms with E-state index < -0.39 is 5.91 Å². The Morgan fingerprint density at radius 3 is 2.42 bits per heavy atom. The van der Waals surface area contributed by atoms with Gasteiger partial charge in [0, 0.05) is 41.1 Å². The van der Waals surface area contributed by atoms with Crippen molar-refractivity contribution in [3.05, 3.63) is 82.0 Å². The van der Waals surface area contributed by atoms with Crippen LogP contribution in [0.1, 0.15) is 33.2 Å². The Labute approximate surface area is 223 Å². The summed E-state index contributed by atoms with van der Waals surface area (Å²) in [6, 6.07) is 15.1. The quantitative estimate of drug-likeness (QED) is 0.172. The molecule has 2 amide bonds. The van der Waals surface area contributed by atoms with Crippen LogP contribution in [0.25, 0.3) is 0 Å². The molecule has 8 nitrogen and oxygen atoms in total. The first kappa shape index (κ1) is 27.2. The summed E-state index contributed by atoms with van der Waals surface area (Å²) in [6.45, 7) is 2.89. The smallest absolute Gasteiger partial charge is 0.259 e. The predicted octanol–water partition coefficient (Wildman–Crippen LogP) is 5.37. The molecule has 1 heterocycles. The normalized spacial score (nSPS) is 10.4. The van der Waals surface area contributed by atoms with Gasteiger partial charge in [-0.1, -0.05) is 19.1 Å². The Morgan fingerprint density at radius 2 is 1.78 bits per heavy atom. The maximum Gasteiger partial charge on any atom is 0.259 e. The Balaban J connectivity index is 1.74. The van der Waals surface area contributed by atoms with Gasteiger partial charge in [0.2, 0.25) is 0 Å². The predicted molar refractivity (Wildman–Crippen MR) is 150 cm³/mol. The fraction of sp³-hybridized carbons (Fsp3) is 0.231. The number of halogens is 1. The zero-order valence-electron chi connectivity index (χ0n) is 20.3. The Hall–Kier alpha value is -3.37. The molecule has 3 N–H and O–H groups in total. The third-order valence-electron chi connectivity index (χ3n) is 5.27. The van der Waals surface area contributed by atoms with Crippen LogP contribution < -0.4 is 15.4 Å². The molecular weight excluding hydrogens is 542 g/mol. The molecule has 3 aromatic rings. The fourth-order valence-electron chi connectivity index (χ4n) is 3.23. The maximum atomic E-state index is 13.0. The van der Waals surface area contributed by atoms with Gasteiger partial charge in [-0.15, -0.1) is 0 Å². The van der Waals surface area contributed by atoms with Crippen LogP contribution >= 0.6 is 27.7 Å². The van der Waals surface area contributed by atoms with Crippen LogP contribution in [0.15, 0.2) is 65.3 Å². The molecule has 0 aliphatic heterocycles. The number of carbonyl (C=O) groups is 2. The summed E-state index contributed by atoms with van der Waals surface area (Å²) in [5.74, 6) is 2.43. The maximum absolute atomic E-state index is 13.0. The van der Waals surface area contributed by atoms with Crippen molar-refractivity contribution in [2.75, 3.05) is 42.8 Å². The third kappa shape index (κ3) is 7.32. The molecule has 0 fully saturated rings. The zero-order chi connectivity index (χ0) is 26.1. The van der Waals surface area contributed by atoms with Crippen LogP contribution in [0.2, 0.25) is 0 Å². The summed E-state index contributed by atoms with van der Waals surface area (Å²) in [6.07, 6.45) is 1.58. The molecular formula is C26H28BrN5O3S. The SMILES string of the molecule is CCSCCN(C)C(=N)c1ccc(C(=O)Nc2ccc(OC)cc2C(=O)Nc2ccc(Br)cn2)cc1. The number of methoxy groups -OCH3 is 1. The highest BCUT2D eigenvalue weighted by molar-refractivity contribution is 9.10. The number of hydrogen-bond donors (Lipinski definition) is 3. The second-order valence-electron chi connectivity index (χ2n) is 7.73. The topological polar surface area (TPSA) is 107 Å². The molecule has 0 bridgehead atoms. The first-order valence-corrected chi connectivity index (χ1v) is 13.2. The Kier molecular flexibility index (Phi) is 9.89. The van der Waals surface area contributed by atoms with Crippen molar-refractivity contribution in [3.8, 4) is 5.75 Å². The van der Waals surface area contributed by atoms with Gasteiger partial charge in [0.1, 0.15) is 17.4 Å². The van der Waals surface area contributed by atoms with Gasteiger partial charge in [0.25, 0.3) is 11.8 Å². The van der Waals surface area contributed by atoms with E-state index in [-0.39, 0.29) is 11.5 Å². The minimum atomic E-state index is -0.438. The van der Waals surface area contributed by atoms with Crippen molar-refractivity contribution in [3.63, 3.8) is 0 Å². The van der Waals surface area contributed by atoms with E-state index in [1.165, 1.54) is 7.11 Å². The van der Waals surface area contributed by atoms with Crippen LogP contribution in [0, 0.1) is 5.41 Å². The van der Waals surface area contributed by atoms with E-state index >= 15 is 0 Å². The number of amides is 2. The first-order chi connectivity index (χ1) is 17.3. The van der Waals surface area contributed by atoms with Gasteiger partial charge < -0.3 is 20.3 Å². The van der Waals surface area contributed by atoms with E-state index in [1.807, 2.05) is 23.7 Å². The van der Waals surface area contributed by atoms with Crippen LogP contribution in [-0.2, 0) is 0 Å². The summed E-state index contributed by atoms with van der Waals surface area (Å²) in [7, 11) is 3.39. The number of amidine groups is 1. The van der Waals surface area contributed by atoms with Crippen LogP contribution in [0.3, 0.4) is 0 Å². The number of rotatable bonds is 10. The second kappa shape index (κ2) is 13.1. The van der Waals surface area contributed by atoms with E-state index in [0.717, 1.165) is 28.1 Å². The first-order valence-electron chi connectivity index (χ1n) is 11.2. The van der Waals surface area contributed by atoms with Crippen molar-refractivity contribution >= 4 is 56.8 Å². The number of anilines is 2. The van der Waals surface area contributed by atoms with Gasteiger partial charge in [-0.2, -0.15) is 11.8 Å². The van der Waals surface area contributed by atoms with E-state index in [9.17, 15) is 9.59 Å². The standard InChI is InChI=1S/C26H28BrN5O3S/c1-4-36-14-13-32(2)24(28)17-5-7-18(8-6-17)25(33)30-22-11-10-20(35-3)15-21(22)26(34)31-23-12-9-19(27)16-29-23/h5-12,15-16,28H,4,13-14H2,1-3H3,(H,30,33)(H,29,31,34). The lowest BCUT2D eigenvalue weighted by molar-refractivity contribution is 0.102. The van der Waals surface area contributed by atoms with Gasteiger partial charge in [0.15, 0.2) is 0 Å². The lowest BCUT2D eigenvalue weighted by atomic mass is 10.1. The molecule has 0 saturated carbocycles. The van der Waals surface area contributed by atoms with Crippen molar-refractivity contribution in [2.45, 2.75) is 6.92 Å². The molecule has 0 atom stereocenters. The van der Waals surface area contributed by atoms with Crippen LogP contribution in [0.5, 0.6) is 5.75 Å². The molecule has 10 heteroatoms. The summed E-state index contributed by atoms with van der Waals surface area (Å²) < 4.78 is 6.05. The number of aromatic nitrogens is 1. The molecule has 0 aliphatic carbocycles. The van der Waals surface area contributed by atoms with Crippen molar-refractivity contribution in [1.29, 1.82) is 5.41 Å². The molecule has 0 saturated heterocycles. The van der Waals surface area contributed by atoms with E-state index in [0.29, 0.717) is 28.7 Å². The van der Waals surface area contributed by atoms with E-state index in [4.69, 9.17) is 10.1 Å². The molecule has 2 aromatic carbocycles. The van der Waals surface area contributed by atoms with Crippen molar-refractivity contribution < 1.29 is 14.3 Å². The monoisotopic (exact) mass is 569 g/mol. The molecule has 36 heavy (non-hydrogen) atoms.